The molecule has 1 unspecified atom stereocenters. The molecule has 0 aliphatic carbocycles. The number of rotatable bonds is 10. The number of fused-ring (bicyclic) bond motifs is 1. The van der Waals surface area contributed by atoms with Crippen molar-refractivity contribution in [2.45, 2.75) is 45.7 Å². The van der Waals surface area contributed by atoms with Crippen LogP contribution in [0.2, 0.25) is 5.02 Å². The van der Waals surface area contributed by atoms with Crippen molar-refractivity contribution in [2.75, 3.05) is 18.8 Å². The summed E-state index contributed by atoms with van der Waals surface area (Å²) >= 11 is 8.17. The van der Waals surface area contributed by atoms with Gasteiger partial charge in [0.05, 0.1) is 11.9 Å². The summed E-state index contributed by atoms with van der Waals surface area (Å²) in [6.07, 6.45) is 6.36. The van der Waals surface area contributed by atoms with Gasteiger partial charge in [-0.15, -0.1) is 11.3 Å². The topological polar surface area (TPSA) is 92.5 Å². The van der Waals surface area contributed by atoms with Crippen LogP contribution in [0.25, 0.3) is 5.57 Å². The van der Waals surface area contributed by atoms with Gasteiger partial charge >= 0.3 is 6.55 Å². The zero-order valence-electron chi connectivity index (χ0n) is 21.5. The lowest BCUT2D eigenvalue weighted by atomic mass is 9.90. The lowest BCUT2D eigenvalue weighted by Gasteiger charge is -2.32. The third-order valence-corrected chi connectivity index (χ3v) is 9.41. The Morgan fingerprint density at radius 1 is 1.31 bits per heavy atom. The quantitative estimate of drug-likeness (QED) is 0.327. The second-order valence-electron chi connectivity index (χ2n) is 9.77. The molecule has 2 aliphatic rings. The Balaban J connectivity index is 1.60. The zero-order chi connectivity index (χ0) is 27.7. The number of amidine groups is 1. The minimum absolute atomic E-state index is 0.0612. The van der Waals surface area contributed by atoms with Crippen LogP contribution < -0.4 is 4.72 Å². The van der Waals surface area contributed by atoms with Crippen LogP contribution in [0.1, 0.15) is 60.5 Å². The van der Waals surface area contributed by atoms with Crippen LogP contribution in [0.15, 0.2) is 52.9 Å². The molecule has 2 aliphatic heterocycles. The fourth-order valence-corrected chi connectivity index (χ4v) is 7.26. The zero-order valence-corrected chi connectivity index (χ0v) is 23.9. The summed E-state index contributed by atoms with van der Waals surface area (Å²) in [5.74, 6) is 0.678. The minimum Gasteiger partial charge on any atom is -0.327 e. The fraction of sp³-hybridized carbons (Fsp3) is 0.423. The first-order chi connectivity index (χ1) is 18.7. The van der Waals surface area contributed by atoms with Crippen LogP contribution >= 0.6 is 22.9 Å². The highest BCUT2D eigenvalue weighted by atomic mass is 35.5. The molecular formula is C26H29ClF2N6O2S2. The van der Waals surface area contributed by atoms with Gasteiger partial charge in [-0.2, -0.15) is 13.9 Å². The summed E-state index contributed by atoms with van der Waals surface area (Å²) < 4.78 is 55.4. The van der Waals surface area contributed by atoms with Crippen LogP contribution in [0, 0.1) is 12.8 Å². The van der Waals surface area contributed by atoms with Crippen molar-refractivity contribution < 1.29 is 17.2 Å². The van der Waals surface area contributed by atoms with Gasteiger partial charge in [-0.05, 0) is 42.9 Å². The number of unbranched alkanes of at least 4 members (excludes halogenated alkanes) is 1. The van der Waals surface area contributed by atoms with Crippen molar-refractivity contribution in [3.63, 3.8) is 0 Å². The normalized spacial score (nSPS) is 19.6. The third kappa shape index (κ3) is 5.93. The second kappa shape index (κ2) is 11.4. The van der Waals surface area contributed by atoms with E-state index in [0.29, 0.717) is 45.5 Å². The summed E-state index contributed by atoms with van der Waals surface area (Å²) in [5, 5.41) is 6.99. The average Bonchev–Trinajstić information content (AvgIpc) is 3.66. The lowest BCUT2D eigenvalue weighted by Crippen LogP contribution is -2.35. The SMILES string of the molecule is CCCCS(=O)(=O)NCC1CC2=C(c3cnn(C(F)F)c3)[C@H](c3ccc(C)cc3Cl)N=C(c3nccs3)N2C1. The molecule has 8 nitrogen and oxygen atoms in total. The van der Waals surface area contributed by atoms with Crippen LogP contribution in [-0.2, 0) is 10.0 Å². The Labute approximate surface area is 235 Å². The monoisotopic (exact) mass is 594 g/mol. The number of aryl methyl sites for hydroxylation is 1. The van der Waals surface area contributed by atoms with Gasteiger partial charge in [0.15, 0.2) is 10.8 Å². The molecule has 0 amide bonds. The number of hydrogen-bond acceptors (Lipinski definition) is 7. The van der Waals surface area contributed by atoms with Gasteiger partial charge in [-0.3, -0.25) is 4.99 Å². The molecule has 13 heteroatoms. The molecule has 5 rings (SSSR count). The van der Waals surface area contributed by atoms with E-state index in [9.17, 15) is 17.2 Å². The molecule has 2 aromatic heterocycles. The van der Waals surface area contributed by atoms with E-state index >= 15 is 0 Å². The summed E-state index contributed by atoms with van der Waals surface area (Å²) in [4.78, 5) is 11.6. The van der Waals surface area contributed by atoms with E-state index < -0.39 is 22.6 Å². The van der Waals surface area contributed by atoms with Crippen LogP contribution in [0.3, 0.4) is 0 Å². The van der Waals surface area contributed by atoms with Crippen molar-refractivity contribution in [2.24, 2.45) is 10.9 Å². The van der Waals surface area contributed by atoms with Crippen LogP contribution in [0.5, 0.6) is 0 Å². The van der Waals surface area contributed by atoms with E-state index in [0.717, 1.165) is 28.8 Å². The van der Waals surface area contributed by atoms with Crippen molar-refractivity contribution >= 4 is 44.4 Å². The van der Waals surface area contributed by atoms with Gasteiger partial charge in [0.25, 0.3) is 0 Å². The molecule has 1 aromatic carbocycles. The molecule has 0 bridgehead atoms. The minimum atomic E-state index is -3.40. The van der Waals surface area contributed by atoms with Crippen molar-refractivity contribution in [3.8, 4) is 0 Å². The maximum atomic E-state index is 13.5. The van der Waals surface area contributed by atoms with Crippen molar-refractivity contribution in [1.82, 2.24) is 24.4 Å². The number of thiazole rings is 1. The Morgan fingerprint density at radius 2 is 2.13 bits per heavy atom. The predicted molar refractivity (Wildman–Crippen MR) is 149 cm³/mol. The van der Waals surface area contributed by atoms with E-state index in [1.54, 1.807) is 6.20 Å². The largest absolute Gasteiger partial charge is 0.333 e. The number of aromatic nitrogens is 3. The molecule has 208 valence electrons. The van der Waals surface area contributed by atoms with Gasteiger partial charge in [0.1, 0.15) is 6.04 Å². The molecule has 1 N–H and O–H groups in total. The highest BCUT2D eigenvalue weighted by Gasteiger charge is 2.40. The number of halogens is 3. The van der Waals surface area contributed by atoms with Crippen LogP contribution in [-0.4, -0.2) is 52.8 Å². The number of allylic oxidation sites excluding steroid dienone is 1. The molecule has 0 radical (unpaired) electrons. The van der Waals surface area contributed by atoms with Gasteiger partial charge < -0.3 is 4.90 Å². The Bertz CT molecular complexity index is 1500. The number of nitrogens with one attached hydrogen (secondary N) is 1. The first kappa shape index (κ1) is 27.9. The summed E-state index contributed by atoms with van der Waals surface area (Å²) in [6, 6.07) is 5.13. The van der Waals surface area contributed by atoms with E-state index in [2.05, 4.69) is 14.8 Å². The molecule has 4 heterocycles. The van der Waals surface area contributed by atoms with Gasteiger partial charge in [-0.1, -0.05) is 37.1 Å². The number of alkyl halides is 2. The lowest BCUT2D eigenvalue weighted by molar-refractivity contribution is 0.0566. The highest BCUT2D eigenvalue weighted by Crippen LogP contribution is 2.47. The highest BCUT2D eigenvalue weighted by molar-refractivity contribution is 7.89. The van der Waals surface area contributed by atoms with E-state index in [1.807, 2.05) is 42.3 Å². The smallest absolute Gasteiger partial charge is 0.327 e. The molecule has 1 fully saturated rings. The first-order valence-electron chi connectivity index (χ1n) is 12.7. The van der Waals surface area contributed by atoms with Gasteiger partial charge in [0.2, 0.25) is 10.0 Å². The Morgan fingerprint density at radius 3 is 2.79 bits per heavy atom. The molecule has 1 saturated heterocycles. The number of nitrogens with zero attached hydrogens (tertiary/aromatic N) is 5. The van der Waals surface area contributed by atoms with Crippen LogP contribution in [0.4, 0.5) is 8.78 Å². The Kier molecular flexibility index (Phi) is 8.18. The molecule has 2 atom stereocenters. The molecule has 0 saturated carbocycles. The first-order valence-corrected chi connectivity index (χ1v) is 15.6. The summed E-state index contributed by atoms with van der Waals surface area (Å²) in [7, 11) is -3.40. The van der Waals surface area contributed by atoms with E-state index in [4.69, 9.17) is 16.6 Å². The summed E-state index contributed by atoms with van der Waals surface area (Å²) in [5.41, 5.74) is 3.85. The molecular weight excluding hydrogens is 566 g/mol. The van der Waals surface area contributed by atoms with Crippen molar-refractivity contribution in [3.05, 3.63) is 74.6 Å². The second-order valence-corrected chi connectivity index (χ2v) is 13.0. The average molecular weight is 595 g/mol. The number of sulfonamides is 1. The predicted octanol–water partition coefficient (Wildman–Crippen LogP) is 5.65. The van der Waals surface area contributed by atoms with Gasteiger partial charge in [-0.25, -0.2) is 22.8 Å². The molecule has 0 spiro atoms. The van der Waals surface area contributed by atoms with E-state index in [-0.39, 0.29) is 18.2 Å². The third-order valence-electron chi connectivity index (χ3n) is 6.89. The Hall–Kier alpha value is -2.67. The van der Waals surface area contributed by atoms with Gasteiger partial charge in [0, 0.05) is 52.7 Å². The number of benzene rings is 1. The van der Waals surface area contributed by atoms with E-state index in [1.165, 1.54) is 23.7 Å². The maximum absolute atomic E-state index is 13.5. The fourth-order valence-electron chi connectivity index (χ4n) is 4.98. The number of hydrogen-bond donors (Lipinski definition) is 1. The standard InChI is InChI=1S/C26H29ClF2N6O2S2/c1-3-4-9-39(36,37)32-12-17-11-21-22(18-13-31-35(15-18)26(28)29)23(19-6-5-16(2)10-20(19)27)33-24(34(21)14-17)25-30-7-8-38-25/h5-8,10,13,15,17,23,26,32H,3-4,9,11-12,14H2,1-2H3/t17?,23-/m0/s1. The molecule has 3 aromatic rings. The molecule has 39 heavy (non-hydrogen) atoms. The maximum Gasteiger partial charge on any atom is 0.333 e. The van der Waals surface area contributed by atoms with Crippen molar-refractivity contribution in [1.29, 1.82) is 0 Å². The number of aliphatic imine (C=N–C) groups is 1. The summed E-state index contributed by atoms with van der Waals surface area (Å²) in [6.45, 7) is 1.87.